The Labute approximate surface area is 169 Å². The molecule has 0 N–H and O–H groups in total. The number of non-ortho nitro benzene ring substituents is 1. The van der Waals surface area contributed by atoms with Crippen LogP contribution in [-0.4, -0.2) is 62.7 Å². The first-order valence-electron chi connectivity index (χ1n) is 8.80. The summed E-state index contributed by atoms with van der Waals surface area (Å²) in [6.07, 6.45) is -4.67. The minimum atomic E-state index is -1.27. The van der Waals surface area contributed by atoms with Crippen LogP contribution >= 0.6 is 0 Å². The molecule has 1 saturated heterocycles. The van der Waals surface area contributed by atoms with Crippen molar-refractivity contribution in [3.63, 3.8) is 0 Å². The number of esters is 3. The van der Waals surface area contributed by atoms with E-state index in [-0.39, 0.29) is 23.3 Å². The molecule has 1 aromatic carbocycles. The molecule has 1 aromatic heterocycles. The van der Waals surface area contributed by atoms with E-state index in [0.717, 1.165) is 13.8 Å². The van der Waals surface area contributed by atoms with Crippen molar-refractivity contribution >= 4 is 34.6 Å². The molecule has 1 aliphatic heterocycles. The fourth-order valence-corrected chi connectivity index (χ4v) is 3.22. The summed E-state index contributed by atoms with van der Waals surface area (Å²) in [6.45, 7) is 3.24. The highest BCUT2D eigenvalue weighted by atomic mass is 16.6. The molecule has 0 unspecified atom stereocenters. The molecule has 2 aromatic rings. The molecular formula is C17H18N4O9. The molecule has 13 heteroatoms. The Hall–Kier alpha value is -3.61. The number of fused-ring (bicyclic) bond motifs is 1. The van der Waals surface area contributed by atoms with Crippen LogP contribution in [0.15, 0.2) is 18.2 Å². The maximum absolute atomic E-state index is 11.7. The van der Waals surface area contributed by atoms with Gasteiger partial charge in [0.05, 0.1) is 17.0 Å². The summed E-state index contributed by atoms with van der Waals surface area (Å²) in [5, 5.41) is 19.0. The van der Waals surface area contributed by atoms with Gasteiger partial charge in [-0.25, -0.2) is 4.68 Å². The maximum Gasteiger partial charge on any atom is 0.303 e. The van der Waals surface area contributed by atoms with Crippen molar-refractivity contribution in [2.45, 2.75) is 45.3 Å². The van der Waals surface area contributed by atoms with Crippen molar-refractivity contribution < 1.29 is 38.3 Å². The third kappa shape index (κ3) is 4.20. The number of benzene rings is 1. The molecule has 3 rings (SSSR count). The zero-order chi connectivity index (χ0) is 22.0. The number of rotatable bonds is 5. The second kappa shape index (κ2) is 8.41. The van der Waals surface area contributed by atoms with Gasteiger partial charge in [-0.15, -0.1) is 5.10 Å². The average Bonchev–Trinajstić information content (AvgIpc) is 3.07. The number of aromatic nitrogens is 3. The molecule has 0 saturated carbocycles. The van der Waals surface area contributed by atoms with Gasteiger partial charge in [-0.2, -0.15) is 0 Å². The second-order valence-corrected chi connectivity index (χ2v) is 6.46. The lowest BCUT2D eigenvalue weighted by Crippen LogP contribution is -2.55. The molecule has 1 aliphatic rings. The summed E-state index contributed by atoms with van der Waals surface area (Å²) in [5.41, 5.74) is -0.0365. The highest BCUT2D eigenvalue weighted by Crippen LogP contribution is 2.33. The topological polar surface area (TPSA) is 162 Å². The van der Waals surface area contributed by atoms with Gasteiger partial charge in [0, 0.05) is 26.8 Å². The van der Waals surface area contributed by atoms with E-state index in [1.54, 1.807) is 0 Å². The van der Waals surface area contributed by atoms with E-state index >= 15 is 0 Å². The molecule has 13 nitrogen and oxygen atoms in total. The number of carbonyl (C=O) groups is 3. The van der Waals surface area contributed by atoms with Crippen LogP contribution in [0.3, 0.4) is 0 Å². The molecule has 4 atom stereocenters. The Kier molecular flexibility index (Phi) is 5.91. The number of hydrogen-bond donors (Lipinski definition) is 0. The highest BCUT2D eigenvalue weighted by molar-refractivity contribution is 5.84. The van der Waals surface area contributed by atoms with Crippen molar-refractivity contribution in [1.29, 1.82) is 0 Å². The van der Waals surface area contributed by atoms with Crippen LogP contribution in [0, 0.1) is 10.1 Å². The fourth-order valence-electron chi connectivity index (χ4n) is 3.22. The number of nitrogens with zero attached hydrogens (tertiary/aromatic N) is 4. The SMILES string of the molecule is CC(=O)O[C@@H]1[C@H](OC(C)=O)[C@H](OC(C)=O)CO[C@H]1n1nnc2c([N+](=O)[O-])cccc21. The van der Waals surface area contributed by atoms with E-state index in [2.05, 4.69) is 10.3 Å². The third-order valence-electron chi connectivity index (χ3n) is 4.24. The lowest BCUT2D eigenvalue weighted by Gasteiger charge is -2.40. The molecule has 0 spiro atoms. The van der Waals surface area contributed by atoms with Crippen molar-refractivity contribution in [1.82, 2.24) is 15.0 Å². The van der Waals surface area contributed by atoms with Gasteiger partial charge >= 0.3 is 17.9 Å². The summed E-state index contributed by atoms with van der Waals surface area (Å²) >= 11 is 0. The van der Waals surface area contributed by atoms with Crippen LogP contribution in [0.25, 0.3) is 11.0 Å². The van der Waals surface area contributed by atoms with Gasteiger partial charge in [-0.05, 0) is 6.07 Å². The minimum Gasteiger partial charge on any atom is -0.456 e. The minimum absolute atomic E-state index is 0.00109. The van der Waals surface area contributed by atoms with E-state index in [1.807, 2.05) is 0 Å². The second-order valence-electron chi connectivity index (χ2n) is 6.46. The number of nitro groups is 1. The highest BCUT2D eigenvalue weighted by Gasteiger charge is 2.48. The van der Waals surface area contributed by atoms with Crippen LogP contribution in [0.4, 0.5) is 5.69 Å². The Morgan fingerprint density at radius 1 is 1.10 bits per heavy atom. The van der Waals surface area contributed by atoms with Crippen LogP contribution in [0.2, 0.25) is 0 Å². The molecule has 0 radical (unpaired) electrons. The van der Waals surface area contributed by atoms with Crippen LogP contribution in [0.5, 0.6) is 0 Å². The Morgan fingerprint density at radius 3 is 2.33 bits per heavy atom. The summed E-state index contributed by atoms with van der Waals surface area (Å²) in [7, 11) is 0. The third-order valence-corrected chi connectivity index (χ3v) is 4.24. The molecule has 0 amide bonds. The monoisotopic (exact) mass is 422 g/mol. The zero-order valence-corrected chi connectivity index (χ0v) is 16.2. The Morgan fingerprint density at radius 2 is 1.73 bits per heavy atom. The standard InChI is InChI=1S/C17H18N4O9/c1-8(22)28-13-7-27-17(16(30-10(3)24)15(13)29-9(2)23)20-11-5-4-6-12(21(25)26)14(11)18-19-20/h4-6,13,15-17H,7H2,1-3H3/t13-,15-,16-,17-/m1/s1. The predicted octanol–water partition coefficient (Wildman–Crippen LogP) is 0.663. The van der Waals surface area contributed by atoms with Crippen LogP contribution in [0.1, 0.15) is 27.0 Å². The molecule has 160 valence electrons. The summed E-state index contributed by atoms with van der Waals surface area (Å²) in [6, 6.07) is 4.23. The van der Waals surface area contributed by atoms with Gasteiger partial charge in [0.1, 0.15) is 0 Å². The smallest absolute Gasteiger partial charge is 0.303 e. The van der Waals surface area contributed by atoms with E-state index in [4.69, 9.17) is 18.9 Å². The molecule has 0 bridgehead atoms. The van der Waals surface area contributed by atoms with E-state index < -0.39 is 47.4 Å². The van der Waals surface area contributed by atoms with Crippen molar-refractivity contribution in [3.05, 3.63) is 28.3 Å². The first kappa shape index (κ1) is 21.1. The van der Waals surface area contributed by atoms with Crippen molar-refractivity contribution in [2.75, 3.05) is 6.61 Å². The lowest BCUT2D eigenvalue weighted by atomic mass is 10.0. The number of carbonyl (C=O) groups excluding carboxylic acids is 3. The Balaban J connectivity index is 2.07. The number of hydrogen-bond acceptors (Lipinski definition) is 11. The first-order chi connectivity index (χ1) is 14.2. The van der Waals surface area contributed by atoms with Crippen LogP contribution < -0.4 is 0 Å². The Bertz CT molecular complexity index is 1000. The average molecular weight is 422 g/mol. The first-order valence-corrected chi connectivity index (χ1v) is 8.80. The van der Waals surface area contributed by atoms with Crippen molar-refractivity contribution in [3.8, 4) is 0 Å². The fraction of sp³-hybridized carbons (Fsp3) is 0.471. The summed E-state index contributed by atoms with van der Waals surface area (Å²) in [5.74, 6) is -2.07. The lowest BCUT2D eigenvalue weighted by molar-refractivity contribution is -0.383. The van der Waals surface area contributed by atoms with E-state index in [0.29, 0.717) is 0 Å². The normalized spacial score (nSPS) is 23.6. The zero-order valence-electron chi connectivity index (χ0n) is 16.2. The summed E-state index contributed by atoms with van der Waals surface area (Å²) < 4.78 is 22.7. The van der Waals surface area contributed by atoms with Crippen molar-refractivity contribution in [2.24, 2.45) is 0 Å². The van der Waals surface area contributed by atoms with E-state index in [1.165, 1.54) is 29.8 Å². The van der Waals surface area contributed by atoms with Gasteiger partial charge < -0.3 is 18.9 Å². The van der Waals surface area contributed by atoms with Gasteiger partial charge in [0.2, 0.25) is 0 Å². The number of ether oxygens (including phenoxy) is 4. The predicted molar refractivity (Wildman–Crippen MR) is 95.8 cm³/mol. The van der Waals surface area contributed by atoms with Gasteiger partial charge in [0.15, 0.2) is 30.1 Å². The molecule has 0 aliphatic carbocycles. The largest absolute Gasteiger partial charge is 0.456 e. The van der Waals surface area contributed by atoms with E-state index in [9.17, 15) is 24.5 Å². The molecular weight excluding hydrogens is 404 g/mol. The maximum atomic E-state index is 11.7. The van der Waals surface area contributed by atoms with Gasteiger partial charge in [-0.1, -0.05) is 11.3 Å². The summed E-state index contributed by atoms with van der Waals surface area (Å²) in [4.78, 5) is 45.5. The van der Waals surface area contributed by atoms with Crippen LogP contribution in [-0.2, 0) is 33.3 Å². The molecule has 30 heavy (non-hydrogen) atoms. The quantitative estimate of drug-likeness (QED) is 0.288. The van der Waals surface area contributed by atoms with Gasteiger partial charge in [0.25, 0.3) is 5.69 Å². The molecule has 1 fully saturated rings. The molecule has 2 heterocycles. The van der Waals surface area contributed by atoms with Gasteiger partial charge in [-0.3, -0.25) is 24.5 Å². The number of nitro benzene ring substituents is 1.